The fraction of sp³-hybridized carbons (Fsp3) is 0.222. The van der Waals surface area contributed by atoms with Gasteiger partial charge in [-0.3, -0.25) is 4.79 Å². The maximum Gasteiger partial charge on any atom is 0.342 e. The molecule has 1 aliphatic carbocycles. The van der Waals surface area contributed by atoms with Crippen LogP contribution >= 0.6 is 23.2 Å². The van der Waals surface area contributed by atoms with Crippen molar-refractivity contribution in [2.24, 2.45) is 0 Å². The maximum absolute atomic E-state index is 12.5. The number of esters is 1. The van der Waals surface area contributed by atoms with Crippen molar-refractivity contribution < 1.29 is 14.3 Å². The molecule has 0 aliphatic heterocycles. The summed E-state index contributed by atoms with van der Waals surface area (Å²) in [4.78, 5) is 25.0. The van der Waals surface area contributed by atoms with Gasteiger partial charge in [-0.2, -0.15) is 0 Å². The molecule has 6 heteroatoms. The van der Waals surface area contributed by atoms with Gasteiger partial charge in [0.25, 0.3) is 5.91 Å². The lowest BCUT2D eigenvalue weighted by molar-refractivity contribution is -0.130. The highest BCUT2D eigenvalue weighted by Gasteiger charge is 2.31. The predicted molar refractivity (Wildman–Crippen MR) is 92.2 cm³/mol. The predicted octanol–water partition coefficient (Wildman–Crippen LogP) is 4.17. The molecule has 0 unspecified atom stereocenters. The molecule has 1 amide bonds. The lowest BCUT2D eigenvalue weighted by Crippen LogP contribution is -2.33. The quantitative estimate of drug-likeness (QED) is 0.811. The minimum Gasteiger partial charge on any atom is -0.444 e. The summed E-state index contributed by atoms with van der Waals surface area (Å²) in [6.45, 7) is 0. The van der Waals surface area contributed by atoms with Crippen LogP contribution in [0.5, 0.6) is 0 Å². The highest BCUT2D eigenvalue weighted by molar-refractivity contribution is 6.39. The van der Waals surface area contributed by atoms with Gasteiger partial charge in [0.05, 0.1) is 15.6 Å². The molecule has 0 saturated heterocycles. The average molecular weight is 364 g/mol. The summed E-state index contributed by atoms with van der Waals surface area (Å²) in [7, 11) is 0. The van der Waals surface area contributed by atoms with Gasteiger partial charge in [-0.25, -0.2) is 4.79 Å². The first-order chi connectivity index (χ1) is 11.6. The molecule has 1 N–H and O–H groups in total. The molecule has 0 heterocycles. The smallest absolute Gasteiger partial charge is 0.342 e. The maximum atomic E-state index is 12.5. The normalized spacial score (nSPS) is 14.8. The molecule has 0 spiro atoms. The summed E-state index contributed by atoms with van der Waals surface area (Å²) in [5.41, 5.74) is 0.646. The van der Waals surface area contributed by atoms with E-state index in [1.165, 1.54) is 0 Å². The number of hydrogen-bond donors (Lipinski definition) is 1. The summed E-state index contributed by atoms with van der Waals surface area (Å²) in [5, 5.41) is 3.22. The van der Waals surface area contributed by atoms with E-state index < -0.39 is 12.1 Å². The topological polar surface area (TPSA) is 55.4 Å². The number of amides is 1. The molecular weight excluding hydrogens is 349 g/mol. The third-order valence-electron chi connectivity index (χ3n) is 3.66. The van der Waals surface area contributed by atoms with Crippen molar-refractivity contribution in [2.75, 3.05) is 0 Å². The van der Waals surface area contributed by atoms with Gasteiger partial charge >= 0.3 is 5.97 Å². The van der Waals surface area contributed by atoms with Gasteiger partial charge in [0.15, 0.2) is 0 Å². The van der Waals surface area contributed by atoms with Crippen LogP contribution in [0.3, 0.4) is 0 Å². The molecular formula is C18H15Cl2NO3. The number of carbonyl (C=O) groups excluding carboxylic acids is 2. The van der Waals surface area contributed by atoms with Gasteiger partial charge in [0.1, 0.15) is 0 Å². The molecule has 124 valence electrons. The van der Waals surface area contributed by atoms with Crippen LogP contribution in [-0.2, 0) is 9.53 Å². The van der Waals surface area contributed by atoms with Crippen molar-refractivity contribution in [3.8, 4) is 0 Å². The summed E-state index contributed by atoms with van der Waals surface area (Å²) < 4.78 is 5.45. The first-order valence-electron chi connectivity index (χ1n) is 7.56. The first-order valence-corrected chi connectivity index (χ1v) is 8.32. The van der Waals surface area contributed by atoms with Crippen LogP contribution in [0, 0.1) is 0 Å². The molecule has 1 saturated carbocycles. The number of carbonyl (C=O) groups is 2. The van der Waals surface area contributed by atoms with Gasteiger partial charge < -0.3 is 10.1 Å². The van der Waals surface area contributed by atoms with Crippen molar-refractivity contribution in [3.05, 3.63) is 69.7 Å². The van der Waals surface area contributed by atoms with Gasteiger partial charge in [-0.1, -0.05) is 59.6 Å². The van der Waals surface area contributed by atoms with E-state index in [4.69, 9.17) is 27.9 Å². The fourth-order valence-corrected chi connectivity index (χ4v) is 2.82. The SMILES string of the molecule is O=C(O[C@H](C(=O)NC1CC1)c1ccccc1)c1c(Cl)cccc1Cl. The van der Waals surface area contributed by atoms with Gasteiger partial charge in [0, 0.05) is 11.6 Å². The number of rotatable bonds is 5. The fourth-order valence-electron chi connectivity index (χ4n) is 2.26. The Morgan fingerprint density at radius 3 is 2.21 bits per heavy atom. The molecule has 1 atom stereocenters. The highest BCUT2D eigenvalue weighted by Crippen LogP contribution is 2.28. The summed E-state index contributed by atoms with van der Waals surface area (Å²) >= 11 is 12.1. The molecule has 24 heavy (non-hydrogen) atoms. The molecule has 3 rings (SSSR count). The molecule has 0 radical (unpaired) electrons. The minimum atomic E-state index is -1.05. The van der Waals surface area contributed by atoms with Crippen LogP contribution < -0.4 is 5.32 Å². The van der Waals surface area contributed by atoms with Crippen molar-refractivity contribution in [1.82, 2.24) is 5.32 Å². The summed E-state index contributed by atoms with van der Waals surface area (Å²) in [5.74, 6) is -1.08. The molecule has 4 nitrogen and oxygen atoms in total. The zero-order chi connectivity index (χ0) is 17.1. The van der Waals surface area contributed by atoms with Gasteiger partial charge in [0.2, 0.25) is 6.10 Å². The van der Waals surface area contributed by atoms with E-state index in [1.54, 1.807) is 42.5 Å². The standard InChI is InChI=1S/C18H15Cl2NO3/c19-13-7-4-8-14(20)15(13)18(23)24-16(11-5-2-1-3-6-11)17(22)21-12-9-10-12/h1-8,12,16H,9-10H2,(H,21,22)/t16-/m0/s1. The second-order valence-corrected chi connectivity index (χ2v) is 6.39. The summed E-state index contributed by atoms with van der Waals surface area (Å²) in [6, 6.07) is 13.7. The van der Waals surface area contributed by atoms with Crippen LogP contribution in [0.15, 0.2) is 48.5 Å². The van der Waals surface area contributed by atoms with E-state index in [2.05, 4.69) is 5.32 Å². The third-order valence-corrected chi connectivity index (χ3v) is 4.29. The Hall–Kier alpha value is -2.04. The zero-order valence-electron chi connectivity index (χ0n) is 12.7. The van der Waals surface area contributed by atoms with Crippen LogP contribution in [0.4, 0.5) is 0 Å². The minimum absolute atomic E-state index is 0.0565. The highest BCUT2D eigenvalue weighted by atomic mass is 35.5. The van der Waals surface area contributed by atoms with E-state index in [1.807, 2.05) is 6.07 Å². The van der Waals surface area contributed by atoms with E-state index in [-0.39, 0.29) is 27.6 Å². The van der Waals surface area contributed by atoms with E-state index >= 15 is 0 Å². The molecule has 2 aromatic carbocycles. The number of benzene rings is 2. The molecule has 2 aromatic rings. The molecule has 1 fully saturated rings. The van der Waals surface area contributed by atoms with Crippen molar-refractivity contribution in [1.29, 1.82) is 0 Å². The Kier molecular flexibility index (Phi) is 5.07. The second-order valence-electron chi connectivity index (χ2n) is 5.58. The average Bonchev–Trinajstić information content (AvgIpc) is 3.37. The van der Waals surface area contributed by atoms with E-state index in [0.717, 1.165) is 12.8 Å². The van der Waals surface area contributed by atoms with Crippen molar-refractivity contribution in [3.63, 3.8) is 0 Å². The Bertz CT molecular complexity index is 740. The van der Waals surface area contributed by atoms with Crippen LogP contribution in [-0.4, -0.2) is 17.9 Å². The van der Waals surface area contributed by atoms with Crippen molar-refractivity contribution in [2.45, 2.75) is 25.0 Å². The second kappa shape index (κ2) is 7.24. The lowest BCUT2D eigenvalue weighted by Gasteiger charge is -2.18. The Balaban J connectivity index is 1.85. The monoisotopic (exact) mass is 363 g/mol. The molecule has 0 bridgehead atoms. The van der Waals surface area contributed by atoms with Crippen LogP contribution in [0.1, 0.15) is 34.9 Å². The number of halogens is 2. The number of nitrogens with one attached hydrogen (secondary N) is 1. The third kappa shape index (κ3) is 3.89. The first kappa shape index (κ1) is 16.8. The van der Waals surface area contributed by atoms with Gasteiger partial charge in [-0.15, -0.1) is 0 Å². The largest absolute Gasteiger partial charge is 0.444 e. The van der Waals surface area contributed by atoms with Crippen LogP contribution in [0.25, 0.3) is 0 Å². The van der Waals surface area contributed by atoms with E-state index in [0.29, 0.717) is 5.56 Å². The zero-order valence-corrected chi connectivity index (χ0v) is 14.2. The van der Waals surface area contributed by atoms with E-state index in [9.17, 15) is 9.59 Å². The summed E-state index contributed by atoms with van der Waals surface area (Å²) in [6.07, 6.45) is 0.835. The Morgan fingerprint density at radius 2 is 1.62 bits per heavy atom. The van der Waals surface area contributed by atoms with Crippen molar-refractivity contribution >= 4 is 35.1 Å². The lowest BCUT2D eigenvalue weighted by atomic mass is 10.1. The number of hydrogen-bond acceptors (Lipinski definition) is 3. The molecule has 1 aliphatic rings. The Labute approximate surface area is 149 Å². The van der Waals surface area contributed by atoms with Gasteiger partial charge in [-0.05, 0) is 25.0 Å². The van der Waals surface area contributed by atoms with Crippen LogP contribution in [0.2, 0.25) is 10.0 Å². The Morgan fingerprint density at radius 1 is 1.00 bits per heavy atom. The molecule has 0 aromatic heterocycles. The number of ether oxygens (including phenoxy) is 1.